The fourth-order valence-corrected chi connectivity index (χ4v) is 5.65. The summed E-state index contributed by atoms with van der Waals surface area (Å²) in [5.74, 6) is 1.72. The van der Waals surface area contributed by atoms with E-state index in [2.05, 4.69) is 5.32 Å². The zero-order valence-corrected chi connectivity index (χ0v) is 20.5. The maximum absolute atomic E-state index is 14.0. The van der Waals surface area contributed by atoms with E-state index >= 15 is 0 Å². The van der Waals surface area contributed by atoms with Gasteiger partial charge in [0.2, 0.25) is 12.7 Å². The quantitative estimate of drug-likeness (QED) is 0.524. The van der Waals surface area contributed by atoms with Crippen molar-refractivity contribution in [3.05, 3.63) is 60.0 Å². The Hall–Kier alpha value is -3.68. The van der Waals surface area contributed by atoms with Gasteiger partial charge in [-0.3, -0.25) is 9.59 Å². The first-order valence-corrected chi connectivity index (χ1v) is 12.8. The minimum Gasteiger partial charge on any atom is -0.463 e. The molecule has 1 fully saturated rings. The minimum absolute atomic E-state index is 0.117. The molecule has 1 aromatic carbocycles. The third-order valence-electron chi connectivity index (χ3n) is 7.74. The lowest BCUT2D eigenvalue weighted by atomic mass is 9.92. The normalized spacial score (nSPS) is 21.8. The molecule has 3 aliphatic rings. The highest BCUT2D eigenvalue weighted by molar-refractivity contribution is 6.00. The van der Waals surface area contributed by atoms with Gasteiger partial charge >= 0.3 is 0 Å². The number of hydrogen-bond acceptors (Lipinski definition) is 5. The second-order valence-electron chi connectivity index (χ2n) is 10.2. The third-order valence-corrected chi connectivity index (χ3v) is 7.74. The van der Waals surface area contributed by atoms with Gasteiger partial charge in [-0.15, -0.1) is 0 Å². The molecule has 3 aromatic rings. The van der Waals surface area contributed by atoms with Crippen molar-refractivity contribution in [1.29, 1.82) is 0 Å². The van der Waals surface area contributed by atoms with Crippen molar-refractivity contribution in [3.8, 4) is 23.0 Å². The Balaban J connectivity index is 1.36. The Morgan fingerprint density at radius 2 is 1.81 bits per heavy atom. The molecule has 2 aliphatic heterocycles. The topological polar surface area (TPSA) is 85.9 Å². The van der Waals surface area contributed by atoms with Gasteiger partial charge in [-0.05, 0) is 61.7 Å². The van der Waals surface area contributed by atoms with Crippen molar-refractivity contribution in [1.82, 2.24) is 14.8 Å². The second-order valence-corrected chi connectivity index (χ2v) is 10.2. The fraction of sp³-hybridized carbons (Fsp3) is 0.429. The number of furan rings is 1. The lowest BCUT2D eigenvalue weighted by molar-refractivity contribution is -0.134. The third kappa shape index (κ3) is 3.94. The number of carbonyl (C=O) groups excluding carboxylic acids is 2. The molecular weight excluding hydrogens is 458 g/mol. The molecule has 2 amide bonds. The van der Waals surface area contributed by atoms with E-state index in [9.17, 15) is 9.59 Å². The average molecular weight is 490 g/mol. The molecule has 0 saturated heterocycles. The number of nitrogens with zero attached hydrogens (tertiary/aromatic N) is 2. The molecule has 1 saturated carbocycles. The summed E-state index contributed by atoms with van der Waals surface area (Å²) in [6.45, 7) is 2.68. The fourth-order valence-electron chi connectivity index (χ4n) is 5.65. The van der Waals surface area contributed by atoms with E-state index in [4.69, 9.17) is 13.9 Å². The van der Waals surface area contributed by atoms with Crippen molar-refractivity contribution >= 4 is 11.8 Å². The molecule has 8 nitrogen and oxygen atoms in total. The molecule has 1 N–H and O–H groups in total. The van der Waals surface area contributed by atoms with E-state index in [1.54, 1.807) is 11.2 Å². The van der Waals surface area contributed by atoms with Gasteiger partial charge in [0.25, 0.3) is 5.91 Å². The maximum Gasteiger partial charge on any atom is 0.271 e. The van der Waals surface area contributed by atoms with E-state index in [1.807, 2.05) is 54.0 Å². The van der Waals surface area contributed by atoms with Crippen LogP contribution in [0.5, 0.6) is 11.5 Å². The van der Waals surface area contributed by atoms with Crippen LogP contribution in [-0.2, 0) is 17.9 Å². The van der Waals surface area contributed by atoms with Crippen LogP contribution < -0.4 is 14.8 Å². The zero-order valence-electron chi connectivity index (χ0n) is 20.5. The highest BCUT2D eigenvalue weighted by Crippen LogP contribution is 2.37. The van der Waals surface area contributed by atoms with Crippen molar-refractivity contribution in [2.75, 3.05) is 6.79 Å². The summed E-state index contributed by atoms with van der Waals surface area (Å²) in [6, 6.07) is 13.2. The zero-order chi connectivity index (χ0) is 24.7. The molecule has 188 valence electrons. The molecule has 0 spiro atoms. The number of aromatic nitrogens is 1. The summed E-state index contributed by atoms with van der Waals surface area (Å²) in [5, 5.41) is 3.31. The maximum atomic E-state index is 14.0. The van der Waals surface area contributed by atoms with E-state index in [-0.39, 0.29) is 31.2 Å². The monoisotopic (exact) mass is 489 g/mol. The van der Waals surface area contributed by atoms with E-state index < -0.39 is 5.54 Å². The number of hydrogen-bond donors (Lipinski definition) is 1. The summed E-state index contributed by atoms with van der Waals surface area (Å²) >= 11 is 0. The first-order valence-electron chi connectivity index (χ1n) is 12.8. The molecule has 0 radical (unpaired) electrons. The highest BCUT2D eigenvalue weighted by Gasteiger charge is 2.48. The average Bonchev–Trinajstić information content (AvgIpc) is 3.60. The highest BCUT2D eigenvalue weighted by atomic mass is 16.7. The Labute approximate surface area is 210 Å². The summed E-state index contributed by atoms with van der Waals surface area (Å²) < 4.78 is 18.5. The SMILES string of the molecule is C[C@@]1(C(=O)NC2CCCCCC2)Cn2c(ccc2-c2ccco2)C(=O)N1Cc1ccc2c(c1)OCO2. The molecule has 0 unspecified atom stereocenters. The van der Waals surface area contributed by atoms with Crippen LogP contribution in [-0.4, -0.2) is 39.7 Å². The Kier molecular flexibility index (Phi) is 5.74. The van der Waals surface area contributed by atoms with Gasteiger partial charge in [-0.2, -0.15) is 0 Å². The van der Waals surface area contributed by atoms with Crippen LogP contribution in [0.15, 0.2) is 53.1 Å². The van der Waals surface area contributed by atoms with Crippen molar-refractivity contribution in [2.24, 2.45) is 0 Å². The summed E-state index contributed by atoms with van der Waals surface area (Å²) in [6.07, 6.45) is 8.21. The molecule has 6 rings (SSSR count). The van der Waals surface area contributed by atoms with Gasteiger partial charge in [0.1, 0.15) is 17.0 Å². The predicted octanol–water partition coefficient (Wildman–Crippen LogP) is 4.73. The van der Waals surface area contributed by atoms with E-state index in [0.717, 1.165) is 36.9 Å². The van der Waals surface area contributed by atoms with Crippen LogP contribution in [0.3, 0.4) is 0 Å². The number of fused-ring (bicyclic) bond motifs is 2. The van der Waals surface area contributed by atoms with Crippen LogP contribution >= 0.6 is 0 Å². The molecule has 1 aliphatic carbocycles. The van der Waals surface area contributed by atoms with Gasteiger partial charge in [-0.1, -0.05) is 31.7 Å². The number of rotatable bonds is 5. The number of ether oxygens (including phenoxy) is 2. The Bertz CT molecular complexity index is 1270. The lowest BCUT2D eigenvalue weighted by Gasteiger charge is -2.45. The van der Waals surface area contributed by atoms with E-state index in [0.29, 0.717) is 29.5 Å². The second kappa shape index (κ2) is 9.08. The first kappa shape index (κ1) is 22.8. The van der Waals surface area contributed by atoms with E-state index in [1.165, 1.54) is 12.8 Å². The molecule has 2 aromatic heterocycles. The van der Waals surface area contributed by atoms with Crippen LogP contribution in [0.25, 0.3) is 11.5 Å². The number of amides is 2. The molecule has 36 heavy (non-hydrogen) atoms. The predicted molar refractivity (Wildman–Crippen MR) is 133 cm³/mol. The van der Waals surface area contributed by atoms with Crippen LogP contribution in [0.4, 0.5) is 0 Å². The summed E-state index contributed by atoms with van der Waals surface area (Å²) in [4.78, 5) is 29.6. The minimum atomic E-state index is -1.09. The molecule has 0 bridgehead atoms. The number of carbonyl (C=O) groups is 2. The summed E-state index contributed by atoms with van der Waals surface area (Å²) in [5.41, 5.74) is 1.13. The smallest absolute Gasteiger partial charge is 0.271 e. The van der Waals surface area contributed by atoms with Gasteiger partial charge in [-0.25, -0.2) is 0 Å². The van der Waals surface area contributed by atoms with Crippen molar-refractivity contribution in [2.45, 2.75) is 70.1 Å². The van der Waals surface area contributed by atoms with Crippen molar-refractivity contribution in [3.63, 3.8) is 0 Å². The Morgan fingerprint density at radius 1 is 1.03 bits per heavy atom. The largest absolute Gasteiger partial charge is 0.463 e. The molecular formula is C28H31N3O5. The Morgan fingerprint density at radius 3 is 2.58 bits per heavy atom. The van der Waals surface area contributed by atoms with Gasteiger partial charge in [0.05, 0.1) is 18.5 Å². The van der Waals surface area contributed by atoms with Gasteiger partial charge in [0, 0.05) is 12.6 Å². The molecule has 4 heterocycles. The van der Waals surface area contributed by atoms with Crippen LogP contribution in [0, 0.1) is 0 Å². The molecule has 1 atom stereocenters. The standard InChI is InChI=1S/C28H31N3O5/c1-28(27(33)29-20-7-4-2-3-5-8-20)17-30-21(23-9-6-14-34-23)11-12-22(30)26(32)31(28)16-19-10-13-24-25(15-19)36-18-35-24/h6,9-15,20H,2-5,7-8,16-18H2,1H3,(H,29,33)/t28-/m0/s1. The molecule has 8 heteroatoms. The van der Waals surface area contributed by atoms with Gasteiger partial charge in [0.15, 0.2) is 11.5 Å². The first-order chi connectivity index (χ1) is 17.5. The lowest BCUT2D eigenvalue weighted by Crippen LogP contribution is -2.64. The van der Waals surface area contributed by atoms with Crippen LogP contribution in [0.2, 0.25) is 0 Å². The number of nitrogens with one attached hydrogen (secondary N) is 1. The van der Waals surface area contributed by atoms with Crippen molar-refractivity contribution < 1.29 is 23.5 Å². The van der Waals surface area contributed by atoms with Crippen LogP contribution in [0.1, 0.15) is 61.5 Å². The van der Waals surface area contributed by atoms with Gasteiger partial charge < -0.3 is 28.7 Å². The summed E-state index contributed by atoms with van der Waals surface area (Å²) in [7, 11) is 0. The number of benzene rings is 1.